The van der Waals surface area contributed by atoms with E-state index in [1.165, 1.54) is 53.7 Å². The van der Waals surface area contributed by atoms with Crippen LogP contribution in [0.5, 0.6) is 34.5 Å². The van der Waals surface area contributed by atoms with Crippen molar-refractivity contribution in [3.8, 4) is 45.8 Å². The number of hydrogen-bond acceptors (Lipinski definition) is 8. The van der Waals surface area contributed by atoms with E-state index in [1.807, 2.05) is 0 Å². The maximum absolute atomic E-state index is 12.6. The average Bonchev–Trinajstić information content (AvgIpc) is 2.70. The van der Waals surface area contributed by atoms with Crippen LogP contribution in [-0.4, -0.2) is 40.7 Å². The summed E-state index contributed by atoms with van der Waals surface area (Å²) in [5, 5.41) is 10.2. The number of methoxy groups -OCH3 is 5. The summed E-state index contributed by atoms with van der Waals surface area (Å²) in [7, 11) is 7.33. The molecule has 0 aliphatic heterocycles. The molecule has 0 unspecified atom stereocenters. The zero-order chi connectivity index (χ0) is 20.4. The summed E-state index contributed by atoms with van der Waals surface area (Å²) in [6.45, 7) is 0. The topological polar surface area (TPSA) is 96.6 Å². The van der Waals surface area contributed by atoms with Gasteiger partial charge in [-0.05, 0) is 6.07 Å². The van der Waals surface area contributed by atoms with Crippen molar-refractivity contribution in [2.24, 2.45) is 0 Å². The van der Waals surface area contributed by atoms with E-state index in [2.05, 4.69) is 0 Å². The molecule has 0 fully saturated rings. The largest absolute Gasteiger partial charge is 0.507 e. The fourth-order valence-electron chi connectivity index (χ4n) is 3.01. The summed E-state index contributed by atoms with van der Waals surface area (Å²) in [6, 6.07) is 5.74. The van der Waals surface area contributed by atoms with Crippen LogP contribution in [0.1, 0.15) is 0 Å². The third kappa shape index (κ3) is 3.02. The molecule has 148 valence electrons. The molecule has 0 aliphatic carbocycles. The molecule has 0 aliphatic rings. The molecule has 0 saturated heterocycles. The zero-order valence-corrected chi connectivity index (χ0v) is 16.1. The minimum absolute atomic E-state index is 0.0518. The quantitative estimate of drug-likeness (QED) is 0.688. The number of fused-ring (bicyclic) bond motifs is 1. The van der Waals surface area contributed by atoms with Crippen LogP contribution in [0.25, 0.3) is 22.3 Å². The van der Waals surface area contributed by atoms with Crippen LogP contribution in [0, 0.1) is 0 Å². The summed E-state index contributed by atoms with van der Waals surface area (Å²) in [4.78, 5) is 12.6. The molecule has 28 heavy (non-hydrogen) atoms. The number of benzene rings is 2. The normalized spacial score (nSPS) is 10.6. The van der Waals surface area contributed by atoms with Crippen molar-refractivity contribution in [2.75, 3.05) is 35.5 Å². The fraction of sp³-hybridized carbons (Fsp3) is 0.250. The summed E-state index contributed by atoms with van der Waals surface area (Å²) in [5.74, 6) is 1.61. The van der Waals surface area contributed by atoms with Crippen LogP contribution in [0.15, 0.2) is 33.5 Å². The SMILES string of the molecule is COc1cc(O)c2c(=O)cc(-c3cc(OC)c(OC)c(OC)c3OC)oc2c1. The molecule has 3 rings (SSSR count). The van der Waals surface area contributed by atoms with Gasteiger partial charge in [-0.25, -0.2) is 0 Å². The second kappa shape index (κ2) is 7.59. The van der Waals surface area contributed by atoms with Gasteiger partial charge in [0.2, 0.25) is 11.5 Å². The van der Waals surface area contributed by atoms with Crippen molar-refractivity contribution in [3.63, 3.8) is 0 Å². The molecule has 8 nitrogen and oxygen atoms in total. The Labute approximate surface area is 160 Å². The average molecular weight is 388 g/mol. The van der Waals surface area contributed by atoms with Gasteiger partial charge >= 0.3 is 0 Å². The first-order chi connectivity index (χ1) is 13.5. The van der Waals surface area contributed by atoms with Crippen LogP contribution >= 0.6 is 0 Å². The Morgan fingerprint density at radius 2 is 1.46 bits per heavy atom. The second-order valence-electron chi connectivity index (χ2n) is 5.72. The first-order valence-corrected chi connectivity index (χ1v) is 8.21. The summed E-state index contributed by atoms with van der Waals surface area (Å²) in [5.41, 5.74) is 0.153. The molecule has 0 amide bonds. The van der Waals surface area contributed by atoms with Crippen molar-refractivity contribution in [2.45, 2.75) is 0 Å². The van der Waals surface area contributed by atoms with Crippen LogP contribution in [0.3, 0.4) is 0 Å². The summed E-state index contributed by atoms with van der Waals surface area (Å²) in [6.07, 6.45) is 0. The van der Waals surface area contributed by atoms with Gasteiger partial charge in [-0.1, -0.05) is 0 Å². The van der Waals surface area contributed by atoms with E-state index in [1.54, 1.807) is 6.07 Å². The molecule has 0 bridgehead atoms. The number of aromatic hydroxyl groups is 1. The smallest absolute Gasteiger partial charge is 0.208 e. The Morgan fingerprint density at radius 3 is 2.04 bits per heavy atom. The van der Waals surface area contributed by atoms with E-state index in [4.69, 9.17) is 28.1 Å². The second-order valence-corrected chi connectivity index (χ2v) is 5.72. The van der Waals surface area contributed by atoms with Crippen LogP contribution in [0.4, 0.5) is 0 Å². The molecule has 2 aromatic carbocycles. The Hall–Kier alpha value is -3.55. The van der Waals surface area contributed by atoms with Gasteiger partial charge in [0.05, 0.1) is 41.1 Å². The molecule has 1 heterocycles. The Balaban J connectivity index is 2.37. The Kier molecular flexibility index (Phi) is 5.21. The third-order valence-corrected chi connectivity index (χ3v) is 4.27. The number of ether oxygens (including phenoxy) is 5. The van der Waals surface area contributed by atoms with E-state index < -0.39 is 5.43 Å². The van der Waals surface area contributed by atoms with Gasteiger partial charge in [-0.15, -0.1) is 0 Å². The fourth-order valence-corrected chi connectivity index (χ4v) is 3.01. The van der Waals surface area contributed by atoms with Crippen molar-refractivity contribution in [3.05, 3.63) is 34.5 Å². The minimum Gasteiger partial charge on any atom is -0.507 e. The predicted octanol–water partition coefficient (Wildman–Crippen LogP) is 3.21. The highest BCUT2D eigenvalue weighted by atomic mass is 16.5. The highest BCUT2D eigenvalue weighted by Crippen LogP contribution is 2.50. The van der Waals surface area contributed by atoms with Crippen molar-refractivity contribution in [1.29, 1.82) is 0 Å². The molecular formula is C20H20O8. The van der Waals surface area contributed by atoms with Gasteiger partial charge < -0.3 is 33.2 Å². The molecule has 3 aromatic rings. The lowest BCUT2D eigenvalue weighted by Crippen LogP contribution is -2.03. The maximum Gasteiger partial charge on any atom is 0.208 e. The monoisotopic (exact) mass is 388 g/mol. The molecule has 0 saturated carbocycles. The van der Waals surface area contributed by atoms with Gasteiger partial charge in [0.15, 0.2) is 16.9 Å². The van der Waals surface area contributed by atoms with Crippen molar-refractivity contribution >= 4 is 11.0 Å². The highest BCUT2D eigenvalue weighted by molar-refractivity contribution is 5.87. The van der Waals surface area contributed by atoms with E-state index in [0.717, 1.165) is 0 Å². The maximum atomic E-state index is 12.6. The minimum atomic E-state index is -0.424. The van der Waals surface area contributed by atoms with Crippen LogP contribution in [0.2, 0.25) is 0 Å². The molecule has 0 atom stereocenters. The van der Waals surface area contributed by atoms with Gasteiger partial charge in [-0.3, -0.25) is 4.79 Å². The molecule has 1 aromatic heterocycles. The highest BCUT2D eigenvalue weighted by Gasteiger charge is 2.24. The van der Waals surface area contributed by atoms with E-state index in [-0.39, 0.29) is 28.2 Å². The van der Waals surface area contributed by atoms with E-state index in [0.29, 0.717) is 28.6 Å². The van der Waals surface area contributed by atoms with E-state index in [9.17, 15) is 9.90 Å². The first kappa shape index (κ1) is 19.2. The molecule has 0 radical (unpaired) electrons. The lowest BCUT2D eigenvalue weighted by Gasteiger charge is -2.18. The standard InChI is InChI=1S/C20H20O8/c1-23-10-6-12(21)17-13(22)9-14(28-15(17)7-10)11-8-16(24-2)19(26-4)20(27-5)18(11)25-3/h6-9,21H,1-5H3. The van der Waals surface area contributed by atoms with Crippen molar-refractivity contribution in [1.82, 2.24) is 0 Å². The van der Waals surface area contributed by atoms with Gasteiger partial charge in [-0.2, -0.15) is 0 Å². The Bertz CT molecular complexity index is 1080. The number of phenolic OH excluding ortho intramolecular Hbond substituents is 1. The third-order valence-electron chi connectivity index (χ3n) is 4.27. The van der Waals surface area contributed by atoms with Crippen LogP contribution < -0.4 is 29.1 Å². The molecule has 0 spiro atoms. The first-order valence-electron chi connectivity index (χ1n) is 8.21. The molecule has 1 N–H and O–H groups in total. The number of rotatable bonds is 6. The molecule has 8 heteroatoms. The van der Waals surface area contributed by atoms with E-state index >= 15 is 0 Å². The van der Waals surface area contributed by atoms with Gasteiger partial charge in [0.1, 0.15) is 28.2 Å². The zero-order valence-electron chi connectivity index (χ0n) is 16.1. The van der Waals surface area contributed by atoms with Gasteiger partial charge in [0.25, 0.3) is 0 Å². The van der Waals surface area contributed by atoms with Gasteiger partial charge in [0, 0.05) is 18.2 Å². The summed E-state index contributed by atoms with van der Waals surface area (Å²) < 4.78 is 32.7. The lowest BCUT2D eigenvalue weighted by atomic mass is 10.1. The Morgan fingerprint density at radius 1 is 0.786 bits per heavy atom. The lowest BCUT2D eigenvalue weighted by molar-refractivity contribution is 0.306. The van der Waals surface area contributed by atoms with Crippen LogP contribution in [-0.2, 0) is 0 Å². The summed E-state index contributed by atoms with van der Waals surface area (Å²) >= 11 is 0. The number of hydrogen-bond donors (Lipinski definition) is 1. The molecular weight excluding hydrogens is 368 g/mol. The number of phenols is 1. The predicted molar refractivity (Wildman–Crippen MR) is 102 cm³/mol. The van der Waals surface area contributed by atoms with Crippen molar-refractivity contribution < 1.29 is 33.2 Å².